The third-order valence-corrected chi connectivity index (χ3v) is 7.36. The monoisotopic (exact) mass is 483 g/mol. The molecule has 0 unspecified atom stereocenters. The molecule has 0 saturated carbocycles. The van der Waals surface area contributed by atoms with Crippen molar-refractivity contribution < 1.29 is 18.0 Å². The maximum Gasteiger partial charge on any atom is 0.264 e. The van der Waals surface area contributed by atoms with Crippen LogP contribution in [-0.2, 0) is 21.2 Å². The fraction of sp³-hybridized carbons (Fsp3) is 0.167. The zero-order valence-corrected chi connectivity index (χ0v) is 19.4. The molecule has 1 aliphatic heterocycles. The zero-order chi connectivity index (χ0) is 23.6. The summed E-state index contributed by atoms with van der Waals surface area (Å²) in [4.78, 5) is 24.1. The number of carbonyl (C=O) groups excluding carboxylic acids is 2. The first kappa shape index (κ1) is 22.8. The second kappa shape index (κ2) is 9.25. The maximum atomic E-state index is 13.2. The molecule has 0 radical (unpaired) electrons. The number of halogens is 1. The van der Waals surface area contributed by atoms with Gasteiger partial charge in [0, 0.05) is 35.4 Å². The molecule has 33 heavy (non-hydrogen) atoms. The van der Waals surface area contributed by atoms with Gasteiger partial charge in [0.1, 0.15) is 0 Å². The highest BCUT2D eigenvalue weighted by atomic mass is 35.5. The summed E-state index contributed by atoms with van der Waals surface area (Å²) in [6.45, 7) is 1.79. The van der Waals surface area contributed by atoms with Gasteiger partial charge in [0.05, 0.1) is 10.6 Å². The van der Waals surface area contributed by atoms with Gasteiger partial charge in [0.15, 0.2) is 0 Å². The Hall–Kier alpha value is -3.36. The Morgan fingerprint density at radius 3 is 2.18 bits per heavy atom. The molecule has 170 valence electrons. The summed E-state index contributed by atoms with van der Waals surface area (Å²) in [5, 5.41) is 5.96. The Labute approximate surface area is 197 Å². The van der Waals surface area contributed by atoms with E-state index in [2.05, 4.69) is 10.6 Å². The zero-order valence-electron chi connectivity index (χ0n) is 17.8. The first-order valence-corrected chi connectivity index (χ1v) is 12.2. The SMILES string of the molecule is CC(=O)Nc1ccc(NC(=O)c2ccc3c(c2)CCCN3S(=O)(=O)c2ccc(Cl)cc2)cc1. The van der Waals surface area contributed by atoms with Crippen molar-refractivity contribution in [3.05, 3.63) is 82.9 Å². The first-order chi connectivity index (χ1) is 15.7. The quantitative estimate of drug-likeness (QED) is 0.550. The van der Waals surface area contributed by atoms with Crippen LogP contribution in [0.25, 0.3) is 0 Å². The van der Waals surface area contributed by atoms with E-state index in [4.69, 9.17) is 11.6 Å². The van der Waals surface area contributed by atoms with E-state index in [0.717, 1.165) is 5.56 Å². The van der Waals surface area contributed by atoms with Crippen LogP contribution in [0.15, 0.2) is 71.6 Å². The van der Waals surface area contributed by atoms with E-state index >= 15 is 0 Å². The fourth-order valence-electron chi connectivity index (χ4n) is 3.73. The van der Waals surface area contributed by atoms with Crippen LogP contribution in [0.5, 0.6) is 0 Å². The molecule has 0 bridgehead atoms. The number of hydrogen-bond donors (Lipinski definition) is 2. The van der Waals surface area contributed by atoms with E-state index < -0.39 is 10.0 Å². The Bertz CT molecular complexity index is 1310. The number of nitrogens with one attached hydrogen (secondary N) is 2. The number of benzene rings is 3. The number of rotatable bonds is 5. The Morgan fingerprint density at radius 1 is 0.909 bits per heavy atom. The van der Waals surface area contributed by atoms with Gasteiger partial charge < -0.3 is 10.6 Å². The van der Waals surface area contributed by atoms with Gasteiger partial charge in [0.25, 0.3) is 15.9 Å². The van der Waals surface area contributed by atoms with Crippen LogP contribution in [0, 0.1) is 0 Å². The van der Waals surface area contributed by atoms with Crippen LogP contribution in [0.4, 0.5) is 17.1 Å². The average molecular weight is 484 g/mol. The maximum absolute atomic E-state index is 13.2. The number of nitrogens with zero attached hydrogens (tertiary/aromatic N) is 1. The third-order valence-electron chi connectivity index (χ3n) is 5.28. The second-order valence-corrected chi connectivity index (χ2v) is 9.99. The largest absolute Gasteiger partial charge is 0.326 e. The number of carbonyl (C=O) groups is 2. The Morgan fingerprint density at radius 2 is 1.55 bits per heavy atom. The molecule has 1 heterocycles. The molecule has 1 aliphatic rings. The highest BCUT2D eigenvalue weighted by Crippen LogP contribution is 2.33. The van der Waals surface area contributed by atoms with Crippen molar-refractivity contribution in [3.63, 3.8) is 0 Å². The Balaban J connectivity index is 1.55. The molecule has 4 rings (SSSR count). The summed E-state index contributed by atoms with van der Waals surface area (Å²) in [6, 6.07) is 17.9. The highest BCUT2D eigenvalue weighted by Gasteiger charge is 2.29. The predicted molar refractivity (Wildman–Crippen MR) is 129 cm³/mol. The third kappa shape index (κ3) is 5.02. The lowest BCUT2D eigenvalue weighted by molar-refractivity contribution is -0.114. The van der Waals surface area contributed by atoms with E-state index in [9.17, 15) is 18.0 Å². The van der Waals surface area contributed by atoms with Gasteiger partial charge in [-0.3, -0.25) is 13.9 Å². The van der Waals surface area contributed by atoms with Gasteiger partial charge in [-0.05, 0) is 85.1 Å². The van der Waals surface area contributed by atoms with E-state index in [0.29, 0.717) is 47.0 Å². The van der Waals surface area contributed by atoms with E-state index in [1.165, 1.54) is 23.4 Å². The fourth-order valence-corrected chi connectivity index (χ4v) is 5.40. The number of aryl methyl sites for hydroxylation is 1. The van der Waals surface area contributed by atoms with Crippen molar-refractivity contribution in [1.82, 2.24) is 0 Å². The number of hydrogen-bond acceptors (Lipinski definition) is 4. The van der Waals surface area contributed by atoms with E-state index in [1.807, 2.05) is 0 Å². The molecule has 0 aliphatic carbocycles. The lowest BCUT2D eigenvalue weighted by Crippen LogP contribution is -2.35. The molecule has 7 nitrogen and oxygen atoms in total. The molecule has 0 aromatic heterocycles. The highest BCUT2D eigenvalue weighted by molar-refractivity contribution is 7.92. The minimum Gasteiger partial charge on any atom is -0.326 e. The minimum atomic E-state index is -3.74. The number of sulfonamides is 1. The molecule has 0 fully saturated rings. The smallest absolute Gasteiger partial charge is 0.264 e. The first-order valence-electron chi connectivity index (χ1n) is 10.3. The molecular formula is C24H22ClN3O4S. The van der Waals surface area contributed by atoms with Crippen LogP contribution in [0.2, 0.25) is 5.02 Å². The van der Waals surface area contributed by atoms with Gasteiger partial charge in [0.2, 0.25) is 5.91 Å². The van der Waals surface area contributed by atoms with Gasteiger partial charge in [-0.15, -0.1) is 0 Å². The topological polar surface area (TPSA) is 95.6 Å². The van der Waals surface area contributed by atoms with Crippen molar-refractivity contribution >= 4 is 50.5 Å². The van der Waals surface area contributed by atoms with Crippen LogP contribution in [0.3, 0.4) is 0 Å². The van der Waals surface area contributed by atoms with Gasteiger partial charge in [-0.25, -0.2) is 8.42 Å². The summed E-state index contributed by atoms with van der Waals surface area (Å²) in [5.74, 6) is -0.476. The van der Waals surface area contributed by atoms with Crippen LogP contribution < -0.4 is 14.9 Å². The lowest BCUT2D eigenvalue weighted by atomic mass is 10.0. The normalized spacial score (nSPS) is 13.2. The molecule has 3 aromatic rings. The van der Waals surface area contributed by atoms with E-state index in [1.54, 1.807) is 54.6 Å². The number of anilines is 3. The van der Waals surface area contributed by atoms with Crippen molar-refractivity contribution in [2.24, 2.45) is 0 Å². The van der Waals surface area contributed by atoms with Crippen molar-refractivity contribution in [1.29, 1.82) is 0 Å². The number of amides is 2. The van der Waals surface area contributed by atoms with Crippen LogP contribution in [-0.4, -0.2) is 26.8 Å². The van der Waals surface area contributed by atoms with Gasteiger partial charge in [-0.1, -0.05) is 11.6 Å². The predicted octanol–water partition coefficient (Wildman–Crippen LogP) is 4.69. The summed E-state index contributed by atoms with van der Waals surface area (Å²) in [5.41, 5.74) is 3.03. The van der Waals surface area contributed by atoms with E-state index in [-0.39, 0.29) is 16.7 Å². The summed E-state index contributed by atoms with van der Waals surface area (Å²) < 4.78 is 27.8. The standard InChI is InChI=1S/C24H22ClN3O4S/c1-16(29)26-20-7-9-21(10-8-20)27-24(30)18-4-13-23-17(15-18)3-2-14-28(23)33(31,32)22-11-5-19(25)6-12-22/h4-13,15H,2-3,14H2,1H3,(H,26,29)(H,27,30). The van der Waals surface area contributed by atoms with Gasteiger partial charge in [-0.2, -0.15) is 0 Å². The molecule has 2 amide bonds. The Kier molecular flexibility index (Phi) is 6.40. The lowest BCUT2D eigenvalue weighted by Gasteiger charge is -2.30. The molecule has 0 saturated heterocycles. The summed E-state index contributed by atoms with van der Waals surface area (Å²) in [7, 11) is -3.74. The van der Waals surface area contributed by atoms with Crippen LogP contribution >= 0.6 is 11.6 Å². The van der Waals surface area contributed by atoms with Crippen molar-refractivity contribution in [2.75, 3.05) is 21.5 Å². The summed E-state index contributed by atoms with van der Waals surface area (Å²) in [6.07, 6.45) is 1.32. The average Bonchev–Trinajstić information content (AvgIpc) is 2.79. The minimum absolute atomic E-state index is 0.171. The molecule has 0 spiro atoms. The van der Waals surface area contributed by atoms with Crippen LogP contribution in [0.1, 0.15) is 29.3 Å². The molecular weight excluding hydrogens is 462 g/mol. The van der Waals surface area contributed by atoms with Gasteiger partial charge >= 0.3 is 0 Å². The molecule has 0 atom stereocenters. The van der Waals surface area contributed by atoms with Crippen molar-refractivity contribution in [3.8, 4) is 0 Å². The molecule has 9 heteroatoms. The van der Waals surface area contributed by atoms with Crippen molar-refractivity contribution in [2.45, 2.75) is 24.7 Å². The molecule has 3 aromatic carbocycles. The number of fused-ring (bicyclic) bond motifs is 1. The second-order valence-electron chi connectivity index (χ2n) is 7.69. The molecule has 2 N–H and O–H groups in total. The summed E-state index contributed by atoms with van der Waals surface area (Å²) >= 11 is 5.90.